The van der Waals surface area contributed by atoms with E-state index in [4.69, 9.17) is 25.4 Å². The molecular weight excluding hydrogens is 623 g/mol. The number of rotatable bonds is 14. The van der Waals surface area contributed by atoms with Crippen molar-refractivity contribution in [1.29, 1.82) is 0 Å². The molecule has 0 amide bonds. The predicted octanol–water partition coefficient (Wildman–Crippen LogP) is -1.71. The van der Waals surface area contributed by atoms with Gasteiger partial charge in [0, 0.05) is 24.4 Å². The van der Waals surface area contributed by atoms with Crippen molar-refractivity contribution in [3.63, 3.8) is 0 Å². The normalized spacial score (nSPS) is 13.2. The Kier molecular flexibility index (Phi) is 13.4. The van der Waals surface area contributed by atoms with Crippen molar-refractivity contribution in [3.8, 4) is 29.6 Å². The largest absolute Gasteiger partial charge is 1.00 e. The third-order valence-electron chi connectivity index (χ3n) is 5.09. The van der Waals surface area contributed by atoms with Crippen molar-refractivity contribution in [2.24, 2.45) is 0 Å². The Morgan fingerprint density at radius 1 is 1.31 bits per heavy atom. The quantitative estimate of drug-likeness (QED) is 0.0645. The van der Waals surface area contributed by atoms with Gasteiger partial charge in [0.2, 0.25) is 21.3 Å². The Morgan fingerprint density at radius 3 is 2.67 bits per heavy atom. The fourth-order valence-electron chi connectivity index (χ4n) is 3.50. The van der Waals surface area contributed by atoms with Crippen LogP contribution in [0.5, 0.6) is 17.2 Å². The molecule has 0 saturated heterocycles. The molecule has 0 aliphatic heterocycles. The number of halogens is 1. The molecule has 0 radical (unpaired) electrons. The number of carbonyl (C=O) groups is 1. The number of terminal acetylenes is 1. The monoisotopic (exact) mass is 647 g/mol. The third kappa shape index (κ3) is 9.00. The molecule has 17 heteroatoms. The van der Waals surface area contributed by atoms with E-state index in [1.54, 1.807) is 6.07 Å². The molecule has 218 valence electrons. The second-order valence-corrected chi connectivity index (χ2v) is 11.5. The first-order valence-corrected chi connectivity index (χ1v) is 15.0. The number of alkyl halides is 1. The Labute approximate surface area is 268 Å². The van der Waals surface area contributed by atoms with Gasteiger partial charge in [-0.15, -0.1) is 6.42 Å². The summed E-state index contributed by atoms with van der Waals surface area (Å²) in [5.41, 5.74) is 0.341. The fourth-order valence-corrected chi connectivity index (χ4v) is 6.53. The minimum Gasteiger partial charge on any atom is -0.546 e. The van der Waals surface area contributed by atoms with Crippen LogP contribution in [0.4, 0.5) is 4.39 Å². The molecule has 3 atom stereocenters. The fraction of sp³-hybridized carbons (Fsp3) is 0.240. The molecule has 3 aromatic rings. The van der Waals surface area contributed by atoms with E-state index in [0.717, 1.165) is 10.0 Å². The van der Waals surface area contributed by atoms with Gasteiger partial charge in [0.05, 0.1) is 59.2 Å². The van der Waals surface area contributed by atoms with Crippen LogP contribution in [0.3, 0.4) is 0 Å². The number of aliphatic carboxylic acids is 1. The van der Waals surface area contributed by atoms with Gasteiger partial charge in [0.15, 0.2) is 11.5 Å². The van der Waals surface area contributed by atoms with Crippen molar-refractivity contribution in [2.75, 3.05) is 26.6 Å². The van der Waals surface area contributed by atoms with Crippen LogP contribution in [0.1, 0.15) is 5.69 Å². The number of pyridine rings is 1. The Balaban J connectivity index is 0.00000616. The summed E-state index contributed by atoms with van der Waals surface area (Å²) in [6, 6.07) is 5.52. The molecule has 0 N–H and O–H groups in total. The smallest absolute Gasteiger partial charge is 0.546 e. The van der Waals surface area contributed by atoms with Crippen LogP contribution in [-0.2, 0) is 36.1 Å². The van der Waals surface area contributed by atoms with Crippen molar-refractivity contribution in [3.05, 3.63) is 60.1 Å². The van der Waals surface area contributed by atoms with Gasteiger partial charge in [-0.25, -0.2) is 17.4 Å². The van der Waals surface area contributed by atoms with Crippen molar-refractivity contribution >= 4 is 47.1 Å². The molecule has 12 nitrogen and oxygen atoms in total. The molecule has 3 unspecified atom stereocenters. The summed E-state index contributed by atoms with van der Waals surface area (Å²) in [6.07, 6.45) is 8.33. The SMILES string of the molecule is C#C/C=C(\C=C/CS(=O)(=O)n1c(S(=O)Cc2nccc(OC)c2OC)nc2cc(OC(F)P)ccc21)OCC(=O)[O-].[Na+]. The van der Waals surface area contributed by atoms with E-state index in [9.17, 15) is 26.9 Å². The first kappa shape index (κ1) is 35.2. The Hall–Kier alpha value is -2.99. The topological polar surface area (TPSA) is 159 Å². The standard InChI is InChI=1S/C25H25FN3O9PS2.Na/c1-4-6-16(37-14-22(30)31)7-5-12-41(33,34)29-20-9-8-17(38-24(26)39)13-18(20)28-25(29)40(32)15-19-23(36-3)21(35-2)10-11-27-19;/h1,5-11,13,24H,12,14-15,39H2,2-3H3,(H,30,31);/q;+1/p-1/b7-5-,16-6+;. The number of fused-ring (bicyclic) bond motifs is 1. The molecule has 0 aliphatic carbocycles. The molecule has 42 heavy (non-hydrogen) atoms. The summed E-state index contributed by atoms with van der Waals surface area (Å²) in [5, 5.41) is 10.3. The maximum atomic E-state index is 13.6. The maximum Gasteiger partial charge on any atom is 1.00 e. The Morgan fingerprint density at radius 2 is 2.05 bits per heavy atom. The third-order valence-corrected chi connectivity index (χ3v) is 8.10. The first-order valence-electron chi connectivity index (χ1n) is 11.4. The van der Waals surface area contributed by atoms with Gasteiger partial charge < -0.3 is 28.8 Å². The van der Waals surface area contributed by atoms with Gasteiger partial charge in [-0.2, -0.15) is 4.39 Å². The number of allylic oxidation sites excluding steroid dienone is 2. The summed E-state index contributed by atoms with van der Waals surface area (Å²) in [5.74, 6) is 0.215. The molecule has 2 aromatic heterocycles. The Bertz CT molecular complexity index is 1670. The minimum absolute atomic E-state index is 0. The van der Waals surface area contributed by atoms with Gasteiger partial charge in [-0.05, 0) is 18.2 Å². The van der Waals surface area contributed by atoms with Gasteiger partial charge in [-0.1, -0.05) is 21.2 Å². The van der Waals surface area contributed by atoms with E-state index in [1.165, 1.54) is 50.8 Å². The molecule has 0 aliphatic rings. The molecule has 1 aromatic carbocycles. The van der Waals surface area contributed by atoms with E-state index < -0.39 is 45.3 Å². The number of imidazole rings is 1. The van der Waals surface area contributed by atoms with Gasteiger partial charge in [0.1, 0.15) is 18.1 Å². The van der Waals surface area contributed by atoms with E-state index in [2.05, 4.69) is 15.9 Å². The summed E-state index contributed by atoms with van der Waals surface area (Å²) in [6.45, 7) is -0.804. The maximum absolute atomic E-state index is 13.6. The van der Waals surface area contributed by atoms with Crippen LogP contribution in [0.2, 0.25) is 0 Å². The number of nitrogens with zero attached hydrogens (tertiary/aromatic N) is 3. The number of carboxylic acid groups (broad SMARTS) is 1. The summed E-state index contributed by atoms with van der Waals surface area (Å²) < 4.78 is 75.5. The number of benzene rings is 1. The molecule has 0 fully saturated rings. The van der Waals surface area contributed by atoms with Crippen molar-refractivity contribution in [1.82, 2.24) is 13.9 Å². The summed E-state index contributed by atoms with van der Waals surface area (Å²) >= 11 is 0. The number of hydrogen-bond donors (Lipinski definition) is 0. The molecular formula is C25H24FN3NaO9PS2. The predicted molar refractivity (Wildman–Crippen MR) is 149 cm³/mol. The van der Waals surface area contributed by atoms with Crippen LogP contribution >= 0.6 is 9.24 Å². The van der Waals surface area contributed by atoms with E-state index in [0.29, 0.717) is 5.75 Å². The minimum atomic E-state index is -4.30. The molecule has 0 bridgehead atoms. The average molecular weight is 648 g/mol. The van der Waals surface area contributed by atoms with Gasteiger partial charge in [0.25, 0.3) is 0 Å². The number of ether oxygens (including phenoxy) is 4. The number of methoxy groups -OCH3 is 2. The zero-order chi connectivity index (χ0) is 30.2. The molecule has 2 heterocycles. The van der Waals surface area contributed by atoms with Crippen molar-refractivity contribution in [2.45, 2.75) is 17.0 Å². The molecule has 0 spiro atoms. The number of hydrogen-bond acceptors (Lipinski definition) is 11. The summed E-state index contributed by atoms with van der Waals surface area (Å²) in [4.78, 5) is 19.2. The van der Waals surface area contributed by atoms with E-state index in [-0.39, 0.29) is 74.5 Å². The number of aromatic nitrogens is 3. The van der Waals surface area contributed by atoms with Crippen LogP contribution in [0.15, 0.2) is 59.6 Å². The first-order chi connectivity index (χ1) is 19.5. The van der Waals surface area contributed by atoms with Crippen LogP contribution in [0, 0.1) is 12.3 Å². The molecule has 3 rings (SSSR count). The second kappa shape index (κ2) is 16.0. The van der Waals surface area contributed by atoms with Gasteiger partial charge in [-0.3, -0.25) is 9.19 Å². The number of carboxylic acids is 1. The van der Waals surface area contributed by atoms with Gasteiger partial charge >= 0.3 is 29.6 Å². The van der Waals surface area contributed by atoms with E-state index in [1.807, 2.05) is 9.24 Å². The van der Waals surface area contributed by atoms with Crippen molar-refractivity contribution < 1.29 is 75.4 Å². The zero-order valence-electron chi connectivity index (χ0n) is 22.7. The number of carbonyl (C=O) groups excluding carboxylic acids is 1. The van der Waals surface area contributed by atoms with Crippen LogP contribution in [0.25, 0.3) is 11.0 Å². The zero-order valence-corrected chi connectivity index (χ0v) is 27.5. The van der Waals surface area contributed by atoms with E-state index >= 15 is 0 Å². The van der Waals surface area contributed by atoms with Crippen LogP contribution < -0.4 is 48.9 Å². The van der Waals surface area contributed by atoms with Crippen LogP contribution in [-0.4, -0.2) is 65.2 Å². The second-order valence-electron chi connectivity index (χ2n) is 7.82. The summed E-state index contributed by atoms with van der Waals surface area (Å²) in [7, 11) is -1.78. The average Bonchev–Trinajstić information content (AvgIpc) is 3.31. The molecule has 0 saturated carbocycles.